The fourth-order valence-electron chi connectivity index (χ4n) is 2.94. The highest BCUT2D eigenvalue weighted by molar-refractivity contribution is 6.04. The second-order valence-electron chi connectivity index (χ2n) is 5.59. The Labute approximate surface area is 139 Å². The minimum atomic E-state index is -0.460. The van der Waals surface area contributed by atoms with Gasteiger partial charge >= 0.3 is 5.97 Å². The summed E-state index contributed by atoms with van der Waals surface area (Å²) in [6.45, 7) is 0. The summed E-state index contributed by atoms with van der Waals surface area (Å²) in [6, 6.07) is -0.266. The summed E-state index contributed by atoms with van der Waals surface area (Å²) in [5, 5.41) is 5.29. The normalized spacial score (nSPS) is 23.4. The molecule has 0 spiro atoms. The molecule has 1 aliphatic rings. The third-order valence-electron chi connectivity index (χ3n) is 4.25. The van der Waals surface area contributed by atoms with E-state index in [0.717, 1.165) is 0 Å². The first-order chi connectivity index (χ1) is 11.5. The molecule has 1 fully saturated rings. The number of imidazole rings is 1. The summed E-state index contributed by atoms with van der Waals surface area (Å²) in [6.07, 6.45) is 2.62. The molecule has 132 valence electrons. The lowest BCUT2D eigenvalue weighted by Crippen LogP contribution is -2.49. The summed E-state index contributed by atoms with van der Waals surface area (Å²) in [7, 11) is 4.36. The van der Waals surface area contributed by atoms with Crippen molar-refractivity contribution in [1.82, 2.24) is 20.6 Å². The summed E-state index contributed by atoms with van der Waals surface area (Å²) in [4.78, 5) is 42.4. The average Bonchev–Trinajstić information content (AvgIpc) is 3.10. The molecular formula is C15H22N4O5. The van der Waals surface area contributed by atoms with Crippen molar-refractivity contribution in [2.75, 3.05) is 21.3 Å². The zero-order valence-corrected chi connectivity index (χ0v) is 13.9. The van der Waals surface area contributed by atoms with Crippen LogP contribution >= 0.6 is 0 Å². The van der Waals surface area contributed by atoms with Crippen molar-refractivity contribution in [2.45, 2.75) is 31.4 Å². The second kappa shape index (κ2) is 7.91. The van der Waals surface area contributed by atoms with Gasteiger partial charge in [0.2, 0.25) is 0 Å². The van der Waals surface area contributed by atoms with E-state index in [1.165, 1.54) is 27.6 Å². The minimum absolute atomic E-state index is 0.0271. The maximum atomic E-state index is 12.4. The molecule has 1 aliphatic carbocycles. The molecule has 1 heterocycles. The maximum absolute atomic E-state index is 12.4. The highest BCUT2D eigenvalue weighted by Crippen LogP contribution is 2.27. The molecule has 9 heteroatoms. The Morgan fingerprint density at radius 1 is 1.25 bits per heavy atom. The van der Waals surface area contributed by atoms with Crippen LogP contribution in [0.3, 0.4) is 0 Å². The van der Waals surface area contributed by atoms with Crippen LogP contribution in [-0.2, 0) is 14.3 Å². The number of carbonyl (C=O) groups is 3. The number of carbonyl (C=O) groups excluding carboxylic acids is 3. The van der Waals surface area contributed by atoms with Crippen molar-refractivity contribution in [3.05, 3.63) is 17.7 Å². The number of nitrogens with one attached hydrogen (secondary N) is 3. The molecule has 0 aromatic carbocycles. The quantitative estimate of drug-likeness (QED) is 0.642. The Morgan fingerprint density at radius 2 is 2.00 bits per heavy atom. The number of methoxy groups -OCH3 is 2. The molecule has 0 unspecified atom stereocenters. The van der Waals surface area contributed by atoms with Crippen molar-refractivity contribution >= 4 is 17.8 Å². The van der Waals surface area contributed by atoms with E-state index < -0.39 is 11.8 Å². The van der Waals surface area contributed by atoms with Crippen LogP contribution in [-0.4, -0.2) is 61.2 Å². The van der Waals surface area contributed by atoms with Gasteiger partial charge in [-0.3, -0.25) is 14.4 Å². The smallest absolute Gasteiger partial charge is 0.308 e. The van der Waals surface area contributed by atoms with Gasteiger partial charge in [0.25, 0.3) is 11.8 Å². The fraction of sp³-hybridized carbons (Fsp3) is 0.600. The van der Waals surface area contributed by atoms with Crippen LogP contribution in [0, 0.1) is 5.92 Å². The van der Waals surface area contributed by atoms with Crippen LogP contribution in [0.5, 0.6) is 0 Å². The highest BCUT2D eigenvalue weighted by atomic mass is 16.5. The van der Waals surface area contributed by atoms with Gasteiger partial charge in [0, 0.05) is 14.2 Å². The van der Waals surface area contributed by atoms with Gasteiger partial charge in [-0.1, -0.05) is 0 Å². The molecule has 0 saturated heterocycles. The second-order valence-corrected chi connectivity index (χ2v) is 5.59. The lowest BCUT2D eigenvalue weighted by Gasteiger charge is -2.34. The first-order valence-electron chi connectivity index (χ1n) is 7.68. The summed E-state index contributed by atoms with van der Waals surface area (Å²) in [5.41, 5.74) is 0.131. The van der Waals surface area contributed by atoms with E-state index in [4.69, 9.17) is 9.47 Å². The van der Waals surface area contributed by atoms with Crippen molar-refractivity contribution in [2.24, 2.45) is 5.92 Å². The SMILES string of the molecule is CNC(=O)c1[nH]cnc1C(=O)N[C@H]1CC[C@H](C(=O)OC)C[C@@H]1OC. The molecule has 0 radical (unpaired) electrons. The number of rotatable bonds is 5. The summed E-state index contributed by atoms with van der Waals surface area (Å²) >= 11 is 0. The van der Waals surface area contributed by atoms with E-state index >= 15 is 0 Å². The van der Waals surface area contributed by atoms with E-state index in [1.807, 2.05) is 0 Å². The zero-order chi connectivity index (χ0) is 17.7. The largest absolute Gasteiger partial charge is 0.469 e. The Morgan fingerprint density at radius 3 is 2.62 bits per heavy atom. The molecule has 24 heavy (non-hydrogen) atoms. The first kappa shape index (κ1) is 17.9. The van der Waals surface area contributed by atoms with Gasteiger partial charge in [-0.2, -0.15) is 0 Å². The maximum Gasteiger partial charge on any atom is 0.308 e. The Hall–Kier alpha value is -2.42. The zero-order valence-electron chi connectivity index (χ0n) is 13.9. The molecule has 1 saturated carbocycles. The van der Waals surface area contributed by atoms with Gasteiger partial charge in [-0.15, -0.1) is 0 Å². The monoisotopic (exact) mass is 338 g/mol. The van der Waals surface area contributed by atoms with Crippen LogP contribution in [0.4, 0.5) is 0 Å². The number of nitrogens with zero attached hydrogens (tertiary/aromatic N) is 1. The number of aromatic amines is 1. The number of aromatic nitrogens is 2. The predicted molar refractivity (Wildman–Crippen MR) is 83.4 cm³/mol. The van der Waals surface area contributed by atoms with Crippen LogP contribution in [0.2, 0.25) is 0 Å². The molecule has 2 amide bonds. The predicted octanol–water partition coefficient (Wildman–Crippen LogP) is -0.144. The van der Waals surface area contributed by atoms with Crippen LogP contribution in [0.25, 0.3) is 0 Å². The van der Waals surface area contributed by atoms with Gasteiger partial charge in [-0.05, 0) is 19.3 Å². The molecule has 0 bridgehead atoms. The molecule has 3 N–H and O–H groups in total. The summed E-state index contributed by atoms with van der Waals surface area (Å²) in [5.74, 6) is -1.38. The van der Waals surface area contributed by atoms with Gasteiger partial charge in [-0.25, -0.2) is 4.98 Å². The minimum Gasteiger partial charge on any atom is -0.469 e. The Kier molecular flexibility index (Phi) is 5.91. The number of hydrogen-bond donors (Lipinski definition) is 3. The summed E-state index contributed by atoms with van der Waals surface area (Å²) < 4.78 is 10.2. The molecule has 3 atom stereocenters. The Bertz CT molecular complexity index is 615. The molecule has 1 aromatic heterocycles. The molecular weight excluding hydrogens is 316 g/mol. The number of hydrogen-bond acceptors (Lipinski definition) is 6. The molecule has 9 nitrogen and oxygen atoms in total. The third-order valence-corrected chi connectivity index (χ3v) is 4.25. The van der Waals surface area contributed by atoms with Crippen molar-refractivity contribution < 1.29 is 23.9 Å². The van der Waals surface area contributed by atoms with Crippen molar-refractivity contribution in [3.63, 3.8) is 0 Å². The highest BCUT2D eigenvalue weighted by Gasteiger charge is 2.36. The van der Waals surface area contributed by atoms with Gasteiger partial charge in [0.05, 0.1) is 31.5 Å². The van der Waals surface area contributed by atoms with Crippen LogP contribution in [0.15, 0.2) is 6.33 Å². The van der Waals surface area contributed by atoms with Gasteiger partial charge in [0.15, 0.2) is 5.69 Å². The number of amides is 2. The Balaban J connectivity index is 2.05. The van der Waals surface area contributed by atoms with Gasteiger partial charge in [0.1, 0.15) is 5.69 Å². The van der Waals surface area contributed by atoms with Crippen molar-refractivity contribution in [3.8, 4) is 0 Å². The lowest BCUT2D eigenvalue weighted by molar-refractivity contribution is -0.148. The number of esters is 1. The van der Waals surface area contributed by atoms with E-state index in [0.29, 0.717) is 19.3 Å². The van der Waals surface area contributed by atoms with Crippen LogP contribution in [0.1, 0.15) is 40.2 Å². The fourth-order valence-corrected chi connectivity index (χ4v) is 2.94. The third kappa shape index (κ3) is 3.73. The molecule has 0 aliphatic heterocycles. The number of H-pyrrole nitrogens is 1. The standard InChI is InChI=1S/C15H22N4O5/c1-16-13(20)11-12(18-7-17-11)14(21)19-9-5-4-8(15(22)24-3)6-10(9)23-2/h7-10H,4-6H2,1-3H3,(H,16,20)(H,17,18)(H,19,21)/t8-,9-,10-/m0/s1. The molecule has 2 rings (SSSR count). The van der Waals surface area contributed by atoms with Crippen molar-refractivity contribution in [1.29, 1.82) is 0 Å². The lowest BCUT2D eigenvalue weighted by atomic mass is 9.83. The van der Waals surface area contributed by atoms with E-state index in [-0.39, 0.29) is 35.4 Å². The average molecular weight is 338 g/mol. The van der Waals surface area contributed by atoms with Gasteiger partial charge < -0.3 is 25.1 Å². The number of ether oxygens (including phenoxy) is 2. The molecule has 1 aromatic rings. The van der Waals surface area contributed by atoms with E-state index in [9.17, 15) is 14.4 Å². The van der Waals surface area contributed by atoms with E-state index in [1.54, 1.807) is 0 Å². The van der Waals surface area contributed by atoms with E-state index in [2.05, 4.69) is 20.6 Å². The van der Waals surface area contributed by atoms with Crippen LogP contribution < -0.4 is 10.6 Å². The first-order valence-corrected chi connectivity index (χ1v) is 7.68. The topological polar surface area (TPSA) is 122 Å².